The third-order valence-corrected chi connectivity index (χ3v) is 6.09. The summed E-state index contributed by atoms with van der Waals surface area (Å²) in [6.07, 6.45) is 19.2. The fourth-order valence-corrected chi connectivity index (χ4v) is 4.26. The fourth-order valence-electron chi connectivity index (χ4n) is 4.26. The average Bonchev–Trinajstić information content (AvgIpc) is 2.70. The fraction of sp³-hybridized carbons (Fsp3) is 0.920. The largest absolute Gasteiger partial charge is 0.481 e. The molecular weight excluding hydrogens is 378 g/mol. The number of carboxylic acids is 2. The van der Waals surface area contributed by atoms with Crippen molar-refractivity contribution in [3.8, 4) is 0 Å². The van der Waals surface area contributed by atoms with Crippen molar-refractivity contribution >= 4 is 11.9 Å². The molecule has 0 fully saturated rings. The highest BCUT2D eigenvalue weighted by atomic mass is 16.4. The second-order valence-electron chi connectivity index (χ2n) is 8.90. The Morgan fingerprint density at radius 3 is 1.57 bits per heavy atom. The maximum absolute atomic E-state index is 11.7. The Labute approximate surface area is 185 Å². The van der Waals surface area contributed by atoms with Crippen LogP contribution in [0.3, 0.4) is 0 Å². The zero-order chi connectivity index (χ0) is 22.6. The molecule has 0 radical (unpaired) electrons. The van der Waals surface area contributed by atoms with Crippen molar-refractivity contribution < 1.29 is 19.8 Å². The molecule has 0 aromatic carbocycles. The zero-order valence-corrected chi connectivity index (χ0v) is 20.0. The van der Waals surface area contributed by atoms with Gasteiger partial charge in [0.05, 0.1) is 0 Å². The van der Waals surface area contributed by atoms with Gasteiger partial charge in [-0.05, 0) is 32.7 Å². The Morgan fingerprint density at radius 1 is 0.700 bits per heavy atom. The van der Waals surface area contributed by atoms with Gasteiger partial charge in [0.2, 0.25) is 0 Å². The third-order valence-electron chi connectivity index (χ3n) is 6.09. The van der Waals surface area contributed by atoms with Gasteiger partial charge in [0.25, 0.3) is 0 Å². The van der Waals surface area contributed by atoms with Crippen LogP contribution in [0.5, 0.6) is 0 Å². The molecule has 0 aliphatic carbocycles. The Morgan fingerprint density at radius 2 is 1.17 bits per heavy atom. The predicted molar refractivity (Wildman–Crippen MR) is 125 cm³/mol. The quantitative estimate of drug-likeness (QED) is 0.184. The van der Waals surface area contributed by atoms with Gasteiger partial charge in [-0.2, -0.15) is 0 Å². The Bertz CT molecular complexity index is 427. The summed E-state index contributed by atoms with van der Waals surface area (Å²) < 4.78 is 0. The van der Waals surface area contributed by atoms with Gasteiger partial charge in [-0.15, -0.1) is 0 Å². The van der Waals surface area contributed by atoms with Crippen molar-refractivity contribution in [3.63, 3.8) is 0 Å². The van der Waals surface area contributed by atoms with E-state index in [9.17, 15) is 14.7 Å². The van der Waals surface area contributed by atoms with Gasteiger partial charge in [0.1, 0.15) is 6.04 Å². The lowest BCUT2D eigenvalue weighted by atomic mass is 10.0. The topological polar surface area (TPSA) is 77.8 Å². The van der Waals surface area contributed by atoms with Crippen LogP contribution in [0.2, 0.25) is 0 Å². The van der Waals surface area contributed by atoms with E-state index in [0.29, 0.717) is 6.54 Å². The van der Waals surface area contributed by atoms with E-state index in [4.69, 9.17) is 5.11 Å². The lowest BCUT2D eigenvalue weighted by Gasteiger charge is -2.34. The number of carboxylic acid groups (broad SMARTS) is 2. The van der Waals surface area contributed by atoms with Crippen LogP contribution in [0.15, 0.2) is 0 Å². The van der Waals surface area contributed by atoms with E-state index in [1.54, 1.807) is 0 Å². The van der Waals surface area contributed by atoms with Gasteiger partial charge >= 0.3 is 11.9 Å². The molecule has 5 heteroatoms. The highest BCUT2D eigenvalue weighted by molar-refractivity contribution is 5.75. The maximum atomic E-state index is 11.7. The van der Waals surface area contributed by atoms with Crippen molar-refractivity contribution in [3.05, 3.63) is 0 Å². The van der Waals surface area contributed by atoms with Crippen molar-refractivity contribution in [2.45, 2.75) is 142 Å². The van der Waals surface area contributed by atoms with Gasteiger partial charge in [0, 0.05) is 12.5 Å². The molecule has 0 aromatic heterocycles. The van der Waals surface area contributed by atoms with Gasteiger partial charge in [-0.3, -0.25) is 14.5 Å². The van der Waals surface area contributed by atoms with Crippen molar-refractivity contribution in [2.24, 2.45) is 0 Å². The van der Waals surface area contributed by atoms with E-state index in [2.05, 4.69) is 13.8 Å². The molecule has 0 aromatic rings. The second kappa shape index (κ2) is 19.8. The summed E-state index contributed by atoms with van der Waals surface area (Å²) in [7, 11) is 0. The number of nitrogens with zero attached hydrogens (tertiary/aromatic N) is 1. The highest BCUT2D eigenvalue weighted by Crippen LogP contribution is 2.19. The third kappa shape index (κ3) is 15.7. The van der Waals surface area contributed by atoms with Crippen LogP contribution in [-0.4, -0.2) is 45.7 Å². The number of carbonyl (C=O) groups is 2. The summed E-state index contributed by atoms with van der Waals surface area (Å²) in [4.78, 5) is 24.6. The van der Waals surface area contributed by atoms with Gasteiger partial charge in [-0.25, -0.2) is 0 Å². The minimum absolute atomic E-state index is 0.0946. The normalized spacial score (nSPS) is 13.5. The van der Waals surface area contributed by atoms with Crippen LogP contribution >= 0.6 is 0 Å². The molecule has 0 aliphatic rings. The molecule has 0 bridgehead atoms. The van der Waals surface area contributed by atoms with Crippen LogP contribution in [0.1, 0.15) is 130 Å². The molecule has 2 N–H and O–H groups in total. The molecule has 0 amide bonds. The summed E-state index contributed by atoms with van der Waals surface area (Å²) >= 11 is 0. The Kier molecular flexibility index (Phi) is 19.1. The van der Waals surface area contributed by atoms with E-state index in [0.717, 1.165) is 19.3 Å². The summed E-state index contributed by atoms with van der Waals surface area (Å²) in [6, 6.07) is -0.523. The first kappa shape index (κ1) is 28.9. The van der Waals surface area contributed by atoms with Crippen LogP contribution in [0.25, 0.3) is 0 Å². The minimum atomic E-state index is -0.929. The number of hydrogen-bond acceptors (Lipinski definition) is 3. The summed E-state index contributed by atoms with van der Waals surface area (Å²) in [5.74, 6) is -1.83. The van der Waals surface area contributed by atoms with E-state index >= 15 is 0 Å². The molecule has 0 spiro atoms. The molecule has 1 unspecified atom stereocenters. The first-order chi connectivity index (χ1) is 14.4. The summed E-state index contributed by atoms with van der Waals surface area (Å²) in [5, 5.41) is 18.5. The Balaban J connectivity index is 3.95. The van der Waals surface area contributed by atoms with E-state index in [1.807, 2.05) is 11.8 Å². The smallest absolute Gasteiger partial charge is 0.320 e. The highest BCUT2D eigenvalue weighted by Gasteiger charge is 2.28. The van der Waals surface area contributed by atoms with Crippen molar-refractivity contribution in [1.82, 2.24) is 4.90 Å². The predicted octanol–water partition coefficient (Wildman–Crippen LogP) is 6.89. The summed E-state index contributed by atoms with van der Waals surface area (Å²) in [6.45, 7) is 7.10. The maximum Gasteiger partial charge on any atom is 0.320 e. The van der Waals surface area contributed by atoms with Gasteiger partial charge < -0.3 is 10.2 Å². The van der Waals surface area contributed by atoms with Crippen molar-refractivity contribution in [1.29, 1.82) is 0 Å². The lowest BCUT2D eigenvalue weighted by molar-refractivity contribution is -0.145. The standard InChI is InChI=1S/C25H49NO4/c1-4-6-7-8-9-10-11-12-13-14-15-16-17-18-22(3)26(21-5-2)23(25(29)30)19-20-24(27)28/h22-23H,4-21H2,1-3H3,(H,27,28)(H,29,30)/t22?,23-/m0/s1. The monoisotopic (exact) mass is 427 g/mol. The number of rotatable bonds is 22. The van der Waals surface area contributed by atoms with Gasteiger partial charge in [0.15, 0.2) is 0 Å². The molecule has 30 heavy (non-hydrogen) atoms. The van der Waals surface area contributed by atoms with Gasteiger partial charge in [-0.1, -0.05) is 97.3 Å². The lowest BCUT2D eigenvalue weighted by Crippen LogP contribution is -2.47. The number of aliphatic carboxylic acids is 2. The van der Waals surface area contributed by atoms with E-state index in [-0.39, 0.29) is 18.9 Å². The molecular formula is C25H49NO4. The SMILES string of the molecule is CCCCCCCCCCCCCCCC(C)N(CCC)[C@@H](CCC(=O)O)C(=O)O. The van der Waals surface area contributed by atoms with E-state index in [1.165, 1.54) is 77.0 Å². The molecule has 5 nitrogen and oxygen atoms in total. The number of hydrogen-bond donors (Lipinski definition) is 2. The molecule has 0 saturated carbocycles. The number of unbranched alkanes of at least 4 members (excludes halogenated alkanes) is 12. The molecule has 0 saturated heterocycles. The van der Waals surface area contributed by atoms with Crippen molar-refractivity contribution in [2.75, 3.05) is 6.54 Å². The molecule has 0 heterocycles. The summed E-state index contributed by atoms with van der Waals surface area (Å²) in [5.41, 5.74) is 0. The Hall–Kier alpha value is -1.10. The molecule has 2 atom stereocenters. The first-order valence-corrected chi connectivity index (χ1v) is 12.6. The average molecular weight is 428 g/mol. The minimum Gasteiger partial charge on any atom is -0.481 e. The van der Waals surface area contributed by atoms with Crippen LogP contribution in [0, 0.1) is 0 Å². The second-order valence-corrected chi connectivity index (χ2v) is 8.90. The molecule has 0 rings (SSSR count). The molecule has 178 valence electrons. The first-order valence-electron chi connectivity index (χ1n) is 12.6. The zero-order valence-electron chi connectivity index (χ0n) is 20.0. The van der Waals surface area contributed by atoms with Crippen LogP contribution in [0.4, 0.5) is 0 Å². The van der Waals surface area contributed by atoms with Crippen LogP contribution in [-0.2, 0) is 9.59 Å². The van der Waals surface area contributed by atoms with E-state index < -0.39 is 18.0 Å². The molecule has 0 aliphatic heterocycles. The van der Waals surface area contributed by atoms with Crippen LogP contribution < -0.4 is 0 Å².